The van der Waals surface area contributed by atoms with Gasteiger partial charge in [-0.15, -0.1) is 6.58 Å². The third-order valence-electron chi connectivity index (χ3n) is 2.34. The van der Waals surface area contributed by atoms with Crippen molar-refractivity contribution >= 4 is 11.0 Å². The summed E-state index contributed by atoms with van der Waals surface area (Å²) in [6.45, 7) is 3.66. The van der Waals surface area contributed by atoms with Crippen molar-refractivity contribution in [3.63, 3.8) is 0 Å². The Bertz CT molecular complexity index is 647. The van der Waals surface area contributed by atoms with Crippen molar-refractivity contribution in [2.24, 2.45) is 0 Å². The van der Waals surface area contributed by atoms with Crippen molar-refractivity contribution in [2.45, 2.75) is 6.42 Å². The van der Waals surface area contributed by atoms with Crippen molar-refractivity contribution in [3.05, 3.63) is 58.5 Å². The molecule has 2 rings (SSSR count). The minimum Gasteiger partial charge on any atom is -0.423 e. The average molecular weight is 211 g/mol. The molecule has 0 fully saturated rings. The molecule has 0 N–H and O–H groups in total. The fraction of sp³-hybridized carbons (Fsp3) is 0.0769. The van der Waals surface area contributed by atoms with E-state index in [1.807, 2.05) is 12.1 Å². The maximum Gasteiger partial charge on any atom is 0.337 e. The smallest absolute Gasteiger partial charge is 0.337 e. The third kappa shape index (κ3) is 1.61. The lowest BCUT2D eigenvalue weighted by atomic mass is 10.0. The highest BCUT2D eigenvalue weighted by atomic mass is 16.4. The first kappa shape index (κ1) is 10.2. The molecule has 0 amide bonds. The van der Waals surface area contributed by atoms with Crippen LogP contribution in [0.2, 0.25) is 0 Å². The van der Waals surface area contributed by atoms with Gasteiger partial charge in [0.1, 0.15) is 11.7 Å². The van der Waals surface area contributed by atoms with Crippen LogP contribution in [-0.2, 0) is 6.42 Å². The van der Waals surface area contributed by atoms with Gasteiger partial charge in [-0.05, 0) is 18.1 Å². The Morgan fingerprint density at radius 3 is 3.00 bits per heavy atom. The molecule has 0 unspecified atom stereocenters. The molecular formula is C13H9NO2. The molecule has 1 aromatic heterocycles. The van der Waals surface area contributed by atoms with Crippen LogP contribution in [0, 0.1) is 11.3 Å². The normalized spacial score (nSPS) is 9.94. The van der Waals surface area contributed by atoms with Crippen molar-refractivity contribution in [3.8, 4) is 6.07 Å². The van der Waals surface area contributed by atoms with E-state index in [1.54, 1.807) is 18.2 Å². The number of rotatable bonds is 2. The highest BCUT2D eigenvalue weighted by molar-refractivity contribution is 5.86. The summed E-state index contributed by atoms with van der Waals surface area (Å²) in [6, 6.07) is 8.61. The van der Waals surface area contributed by atoms with Crippen LogP contribution in [0.5, 0.6) is 0 Å². The highest BCUT2D eigenvalue weighted by Gasteiger charge is 2.08. The molecule has 3 heteroatoms. The van der Waals surface area contributed by atoms with Crippen LogP contribution in [0.15, 0.2) is 46.1 Å². The van der Waals surface area contributed by atoms with E-state index in [9.17, 15) is 4.79 Å². The molecule has 3 nitrogen and oxygen atoms in total. The first-order valence-corrected chi connectivity index (χ1v) is 4.83. The zero-order valence-corrected chi connectivity index (χ0v) is 8.56. The first-order valence-electron chi connectivity index (χ1n) is 4.83. The van der Waals surface area contributed by atoms with Gasteiger partial charge in [-0.2, -0.15) is 5.26 Å². The Hall–Kier alpha value is -2.34. The lowest BCUT2D eigenvalue weighted by Crippen LogP contribution is -2.00. The molecule has 1 heterocycles. The van der Waals surface area contributed by atoms with Crippen molar-refractivity contribution in [1.29, 1.82) is 5.26 Å². The number of allylic oxidation sites excluding steroid dienone is 1. The zero-order chi connectivity index (χ0) is 11.5. The Morgan fingerprint density at radius 1 is 1.50 bits per heavy atom. The topological polar surface area (TPSA) is 54.0 Å². The second kappa shape index (κ2) is 4.03. The van der Waals surface area contributed by atoms with Gasteiger partial charge in [0, 0.05) is 11.5 Å². The molecule has 78 valence electrons. The van der Waals surface area contributed by atoms with E-state index < -0.39 is 5.63 Å². The Kier molecular flexibility index (Phi) is 2.57. The highest BCUT2D eigenvalue weighted by Crippen LogP contribution is 2.21. The van der Waals surface area contributed by atoms with Crippen molar-refractivity contribution in [1.82, 2.24) is 0 Å². The fourth-order valence-electron chi connectivity index (χ4n) is 1.71. The summed E-state index contributed by atoms with van der Waals surface area (Å²) >= 11 is 0. The van der Waals surface area contributed by atoms with Crippen LogP contribution in [-0.4, -0.2) is 0 Å². The number of benzene rings is 1. The molecule has 0 saturated carbocycles. The summed E-state index contributed by atoms with van der Waals surface area (Å²) in [4.78, 5) is 11.2. The van der Waals surface area contributed by atoms with Crippen LogP contribution < -0.4 is 5.63 Å². The van der Waals surface area contributed by atoms with Crippen LogP contribution >= 0.6 is 0 Å². The van der Waals surface area contributed by atoms with Gasteiger partial charge in [0.05, 0.1) is 5.56 Å². The van der Waals surface area contributed by atoms with Gasteiger partial charge in [-0.1, -0.05) is 18.2 Å². The number of hydrogen-bond donors (Lipinski definition) is 0. The molecule has 0 aliphatic rings. The summed E-state index contributed by atoms with van der Waals surface area (Å²) in [5.41, 5.74) is 1.24. The van der Waals surface area contributed by atoms with E-state index in [0.717, 1.165) is 5.56 Å². The third-order valence-corrected chi connectivity index (χ3v) is 2.34. The summed E-state index contributed by atoms with van der Waals surface area (Å²) in [5.74, 6) is 0. The summed E-state index contributed by atoms with van der Waals surface area (Å²) in [7, 11) is 0. The van der Waals surface area contributed by atoms with E-state index in [-0.39, 0.29) is 0 Å². The van der Waals surface area contributed by atoms with Crippen LogP contribution in [0.1, 0.15) is 11.1 Å². The second-order valence-corrected chi connectivity index (χ2v) is 3.37. The molecule has 1 aromatic carbocycles. The number of nitriles is 1. The summed E-state index contributed by atoms with van der Waals surface area (Å²) in [5, 5.41) is 9.69. The van der Waals surface area contributed by atoms with Gasteiger partial charge in [0.25, 0.3) is 0 Å². The minimum absolute atomic E-state index is 0.351. The van der Waals surface area contributed by atoms with Crippen LogP contribution in [0.25, 0.3) is 11.0 Å². The van der Waals surface area contributed by atoms with Crippen LogP contribution in [0.3, 0.4) is 0 Å². The molecule has 0 atom stereocenters. The van der Waals surface area contributed by atoms with Crippen molar-refractivity contribution < 1.29 is 4.42 Å². The molecular weight excluding hydrogens is 202 g/mol. The standard InChI is InChI=1S/C13H9NO2/c1-2-4-9-5-3-6-11-13(9)10(8-14)7-12(15)16-11/h2-3,5-7H,1,4H2. The number of nitrogens with zero attached hydrogens (tertiary/aromatic N) is 1. The fourth-order valence-corrected chi connectivity index (χ4v) is 1.71. The monoisotopic (exact) mass is 211 g/mol. The lowest BCUT2D eigenvalue weighted by Gasteiger charge is -2.03. The largest absolute Gasteiger partial charge is 0.423 e. The molecule has 0 radical (unpaired) electrons. The maximum absolute atomic E-state index is 11.2. The predicted octanol–water partition coefficient (Wildman–Crippen LogP) is 2.39. The van der Waals surface area contributed by atoms with Gasteiger partial charge in [0.2, 0.25) is 0 Å². The molecule has 0 spiro atoms. The first-order chi connectivity index (χ1) is 7.76. The lowest BCUT2D eigenvalue weighted by molar-refractivity contribution is 0.560. The number of hydrogen-bond acceptors (Lipinski definition) is 3. The van der Waals surface area contributed by atoms with E-state index in [1.165, 1.54) is 6.07 Å². The SMILES string of the molecule is C=CCc1cccc2oc(=O)cc(C#N)c12. The molecule has 16 heavy (non-hydrogen) atoms. The van der Waals surface area contributed by atoms with Gasteiger partial charge < -0.3 is 4.42 Å². The van der Waals surface area contributed by atoms with E-state index in [0.29, 0.717) is 23.0 Å². The Morgan fingerprint density at radius 2 is 2.31 bits per heavy atom. The van der Waals surface area contributed by atoms with E-state index >= 15 is 0 Å². The molecule has 0 bridgehead atoms. The average Bonchev–Trinajstić information content (AvgIpc) is 2.28. The second-order valence-electron chi connectivity index (χ2n) is 3.37. The van der Waals surface area contributed by atoms with Gasteiger partial charge in [0.15, 0.2) is 0 Å². The zero-order valence-electron chi connectivity index (χ0n) is 8.56. The number of fused-ring (bicyclic) bond motifs is 1. The van der Waals surface area contributed by atoms with Crippen molar-refractivity contribution in [2.75, 3.05) is 0 Å². The molecule has 2 aromatic rings. The summed E-state index contributed by atoms with van der Waals surface area (Å²) < 4.78 is 5.05. The maximum atomic E-state index is 11.2. The van der Waals surface area contributed by atoms with E-state index in [4.69, 9.17) is 9.68 Å². The van der Waals surface area contributed by atoms with Crippen LogP contribution in [0.4, 0.5) is 0 Å². The van der Waals surface area contributed by atoms with Gasteiger partial charge in [-0.3, -0.25) is 0 Å². The van der Waals surface area contributed by atoms with E-state index in [2.05, 4.69) is 6.58 Å². The molecule has 0 saturated heterocycles. The van der Waals surface area contributed by atoms with Gasteiger partial charge >= 0.3 is 5.63 Å². The molecule has 0 aliphatic carbocycles. The Balaban J connectivity index is 2.90. The quantitative estimate of drug-likeness (QED) is 0.566. The predicted molar refractivity (Wildman–Crippen MR) is 61.1 cm³/mol. The summed E-state index contributed by atoms with van der Waals surface area (Å²) in [6.07, 6.45) is 2.39. The molecule has 0 aliphatic heterocycles. The Labute approximate surface area is 92.2 Å². The van der Waals surface area contributed by atoms with Gasteiger partial charge in [-0.25, -0.2) is 4.79 Å². The minimum atomic E-state index is -0.500.